The van der Waals surface area contributed by atoms with Gasteiger partial charge in [-0.05, 0) is 33.4 Å². The average molecular weight is 215 g/mol. The van der Waals surface area contributed by atoms with Gasteiger partial charge in [0.1, 0.15) is 0 Å². The van der Waals surface area contributed by atoms with Crippen molar-refractivity contribution in [3.05, 3.63) is 0 Å². The molecule has 0 aromatic carbocycles. The summed E-state index contributed by atoms with van der Waals surface area (Å²) in [6.07, 6.45) is 0.737. The highest BCUT2D eigenvalue weighted by atomic mass is 16.2. The number of rotatable bonds is 6. The van der Waals surface area contributed by atoms with Gasteiger partial charge >= 0.3 is 0 Å². The van der Waals surface area contributed by atoms with Crippen LogP contribution >= 0.6 is 0 Å². The van der Waals surface area contributed by atoms with Crippen LogP contribution in [0.15, 0.2) is 0 Å². The number of amides is 1. The summed E-state index contributed by atoms with van der Waals surface area (Å²) in [4.78, 5) is 13.7. The molecule has 0 radical (unpaired) electrons. The SMILES string of the molecule is CC(C)C[C@H](N)C(=O)NC(C)CN(C)C. The fraction of sp³-hybridized carbons (Fsp3) is 0.909. The molecule has 3 N–H and O–H groups in total. The van der Waals surface area contributed by atoms with Crippen molar-refractivity contribution in [1.29, 1.82) is 0 Å². The molecule has 0 aliphatic heterocycles. The van der Waals surface area contributed by atoms with Crippen molar-refractivity contribution in [2.45, 2.75) is 39.3 Å². The third-order valence-corrected chi connectivity index (χ3v) is 2.09. The third-order valence-electron chi connectivity index (χ3n) is 2.09. The van der Waals surface area contributed by atoms with Crippen molar-refractivity contribution in [3.8, 4) is 0 Å². The van der Waals surface area contributed by atoms with Gasteiger partial charge in [0.25, 0.3) is 0 Å². The number of nitrogens with one attached hydrogen (secondary N) is 1. The molecule has 0 fully saturated rings. The van der Waals surface area contributed by atoms with Gasteiger partial charge in [-0.15, -0.1) is 0 Å². The van der Waals surface area contributed by atoms with Gasteiger partial charge in [0, 0.05) is 12.6 Å². The fourth-order valence-electron chi connectivity index (χ4n) is 1.56. The maximum absolute atomic E-state index is 11.6. The predicted molar refractivity (Wildman–Crippen MR) is 63.6 cm³/mol. The second-order valence-corrected chi connectivity index (χ2v) is 4.91. The number of carbonyl (C=O) groups is 1. The lowest BCUT2D eigenvalue weighted by Crippen LogP contribution is -2.47. The first-order valence-electron chi connectivity index (χ1n) is 5.53. The van der Waals surface area contributed by atoms with Crippen LogP contribution in [0.3, 0.4) is 0 Å². The Hall–Kier alpha value is -0.610. The molecule has 15 heavy (non-hydrogen) atoms. The standard InChI is InChI=1S/C11H25N3O/c1-8(2)6-10(12)11(15)13-9(3)7-14(4)5/h8-10H,6-7,12H2,1-5H3,(H,13,15)/t9?,10-/m0/s1. The van der Waals surface area contributed by atoms with Crippen LogP contribution in [0.4, 0.5) is 0 Å². The van der Waals surface area contributed by atoms with E-state index in [1.54, 1.807) is 0 Å². The van der Waals surface area contributed by atoms with E-state index in [4.69, 9.17) is 5.73 Å². The van der Waals surface area contributed by atoms with E-state index in [-0.39, 0.29) is 18.0 Å². The number of nitrogens with two attached hydrogens (primary N) is 1. The van der Waals surface area contributed by atoms with Gasteiger partial charge in [0.15, 0.2) is 0 Å². The summed E-state index contributed by atoms with van der Waals surface area (Å²) in [5, 5.41) is 2.91. The van der Waals surface area contributed by atoms with Gasteiger partial charge < -0.3 is 16.0 Å². The second kappa shape index (κ2) is 6.80. The van der Waals surface area contributed by atoms with Crippen LogP contribution in [-0.2, 0) is 4.79 Å². The van der Waals surface area contributed by atoms with Crippen LogP contribution in [0.25, 0.3) is 0 Å². The van der Waals surface area contributed by atoms with Crippen molar-refractivity contribution >= 4 is 5.91 Å². The summed E-state index contributed by atoms with van der Waals surface area (Å²) in [6.45, 7) is 6.95. The summed E-state index contributed by atoms with van der Waals surface area (Å²) in [7, 11) is 3.97. The van der Waals surface area contributed by atoms with Gasteiger partial charge in [-0.1, -0.05) is 13.8 Å². The molecule has 90 valence electrons. The summed E-state index contributed by atoms with van der Waals surface area (Å²) in [5.74, 6) is 0.410. The molecule has 4 nitrogen and oxygen atoms in total. The van der Waals surface area contributed by atoms with E-state index in [0.29, 0.717) is 5.92 Å². The van der Waals surface area contributed by atoms with Crippen LogP contribution < -0.4 is 11.1 Å². The minimum Gasteiger partial charge on any atom is -0.351 e. The van der Waals surface area contributed by atoms with Crippen LogP contribution in [0.5, 0.6) is 0 Å². The lowest BCUT2D eigenvalue weighted by atomic mass is 10.0. The van der Waals surface area contributed by atoms with Gasteiger partial charge in [-0.2, -0.15) is 0 Å². The fourth-order valence-corrected chi connectivity index (χ4v) is 1.56. The minimum absolute atomic E-state index is 0.0435. The molecule has 0 aliphatic carbocycles. The number of likely N-dealkylation sites (N-methyl/N-ethyl adjacent to an activating group) is 1. The van der Waals surface area contributed by atoms with E-state index in [9.17, 15) is 4.79 Å². The Morgan fingerprint density at radius 2 is 1.87 bits per heavy atom. The molecule has 4 heteroatoms. The highest BCUT2D eigenvalue weighted by Gasteiger charge is 2.16. The number of nitrogens with zero attached hydrogens (tertiary/aromatic N) is 1. The molecular weight excluding hydrogens is 190 g/mol. The molecule has 2 atom stereocenters. The van der Waals surface area contributed by atoms with Crippen LogP contribution in [0, 0.1) is 5.92 Å². The molecule has 1 unspecified atom stereocenters. The minimum atomic E-state index is -0.380. The highest BCUT2D eigenvalue weighted by molar-refractivity contribution is 5.81. The Kier molecular flexibility index (Phi) is 6.52. The second-order valence-electron chi connectivity index (χ2n) is 4.91. The first kappa shape index (κ1) is 14.4. The zero-order chi connectivity index (χ0) is 12.0. The average Bonchev–Trinajstić information content (AvgIpc) is 2.00. The molecule has 0 spiro atoms. The zero-order valence-electron chi connectivity index (χ0n) is 10.6. The van der Waals surface area contributed by atoms with Gasteiger partial charge in [0.2, 0.25) is 5.91 Å². The van der Waals surface area contributed by atoms with Crippen LogP contribution in [0.1, 0.15) is 27.2 Å². The van der Waals surface area contributed by atoms with Crippen LogP contribution in [0.2, 0.25) is 0 Å². The molecule has 0 saturated carbocycles. The molecule has 1 amide bonds. The Labute approximate surface area is 93.2 Å². The molecule has 0 aliphatic rings. The van der Waals surface area contributed by atoms with Gasteiger partial charge in [0.05, 0.1) is 6.04 Å². The maximum Gasteiger partial charge on any atom is 0.237 e. The summed E-state index contributed by atoms with van der Waals surface area (Å²) < 4.78 is 0. The van der Waals surface area contributed by atoms with E-state index in [2.05, 4.69) is 19.2 Å². The smallest absolute Gasteiger partial charge is 0.237 e. The number of hydrogen-bond donors (Lipinski definition) is 2. The molecule has 0 heterocycles. The van der Waals surface area contributed by atoms with Crippen LogP contribution in [-0.4, -0.2) is 43.5 Å². The lowest BCUT2D eigenvalue weighted by molar-refractivity contribution is -0.123. The van der Waals surface area contributed by atoms with E-state index < -0.39 is 0 Å². The van der Waals surface area contributed by atoms with Crippen molar-refractivity contribution in [2.24, 2.45) is 11.7 Å². The molecule has 0 rings (SSSR count). The highest BCUT2D eigenvalue weighted by Crippen LogP contribution is 2.02. The Morgan fingerprint density at radius 3 is 2.27 bits per heavy atom. The topological polar surface area (TPSA) is 58.4 Å². The normalized spacial score (nSPS) is 15.5. The zero-order valence-corrected chi connectivity index (χ0v) is 10.6. The summed E-state index contributed by atoms with van der Waals surface area (Å²) in [5.41, 5.74) is 5.77. The third kappa shape index (κ3) is 7.33. The number of hydrogen-bond acceptors (Lipinski definition) is 3. The Morgan fingerprint density at radius 1 is 1.33 bits per heavy atom. The number of carbonyl (C=O) groups excluding carboxylic acids is 1. The van der Waals surface area contributed by atoms with E-state index >= 15 is 0 Å². The van der Waals surface area contributed by atoms with Crippen molar-refractivity contribution < 1.29 is 4.79 Å². The van der Waals surface area contributed by atoms with Gasteiger partial charge in [-0.25, -0.2) is 0 Å². The quantitative estimate of drug-likeness (QED) is 0.675. The van der Waals surface area contributed by atoms with Crippen molar-refractivity contribution in [2.75, 3.05) is 20.6 Å². The van der Waals surface area contributed by atoms with E-state index in [1.165, 1.54) is 0 Å². The molecule has 0 saturated heterocycles. The van der Waals surface area contributed by atoms with Gasteiger partial charge in [-0.3, -0.25) is 4.79 Å². The summed E-state index contributed by atoms with van der Waals surface area (Å²) >= 11 is 0. The lowest BCUT2D eigenvalue weighted by Gasteiger charge is -2.21. The molecule has 0 aromatic heterocycles. The predicted octanol–water partition coefficient (Wildman–Crippen LogP) is 0.426. The molecule has 0 aromatic rings. The molecular formula is C11H25N3O. The Balaban J connectivity index is 3.90. The van der Waals surface area contributed by atoms with E-state index in [1.807, 2.05) is 25.9 Å². The Bertz CT molecular complexity index is 192. The van der Waals surface area contributed by atoms with Crippen molar-refractivity contribution in [1.82, 2.24) is 10.2 Å². The van der Waals surface area contributed by atoms with Crippen molar-refractivity contribution in [3.63, 3.8) is 0 Å². The maximum atomic E-state index is 11.6. The molecule has 0 bridgehead atoms. The summed E-state index contributed by atoms with van der Waals surface area (Å²) in [6, 6.07) is -0.236. The van der Waals surface area contributed by atoms with E-state index in [0.717, 1.165) is 13.0 Å². The largest absolute Gasteiger partial charge is 0.351 e. The first-order chi connectivity index (χ1) is 6.82. The first-order valence-corrected chi connectivity index (χ1v) is 5.53. The monoisotopic (exact) mass is 215 g/mol.